The van der Waals surface area contributed by atoms with Gasteiger partial charge in [0.1, 0.15) is 11.5 Å². The minimum atomic E-state index is 0.322. The smallest absolute Gasteiger partial charge is 0.118 e. The van der Waals surface area contributed by atoms with Gasteiger partial charge in [-0.05, 0) is 47.5 Å². The first-order chi connectivity index (χ1) is 14.2. The molecule has 0 unspecified atom stereocenters. The number of benzene rings is 2. The highest BCUT2D eigenvalue weighted by Gasteiger charge is 1.98. The van der Waals surface area contributed by atoms with Crippen LogP contribution in [0.5, 0.6) is 11.5 Å². The van der Waals surface area contributed by atoms with E-state index in [0.29, 0.717) is 12.4 Å². The molecule has 0 aliphatic rings. The Labute approximate surface area is 173 Å². The summed E-state index contributed by atoms with van der Waals surface area (Å²) < 4.78 is 5.08. The molecule has 0 spiro atoms. The van der Waals surface area contributed by atoms with Gasteiger partial charge in [0.05, 0.1) is 19.0 Å². The molecule has 6 nitrogen and oxygen atoms in total. The lowest BCUT2D eigenvalue weighted by Crippen LogP contribution is -1.95. The number of phenolic OH excluding ortho intramolecular Hbond substituents is 1. The van der Waals surface area contributed by atoms with Gasteiger partial charge in [-0.2, -0.15) is 0 Å². The molecular weight excluding hydrogens is 366 g/mol. The number of aromatic hydroxyl groups is 1. The normalized spacial score (nSPS) is 9.48. The first kappa shape index (κ1) is 24.0. The molecular formula is C23H31N3O3. The number of aliphatic hydroxyl groups excluding tert-OH is 1. The third-order valence-electron chi connectivity index (χ3n) is 3.87. The van der Waals surface area contributed by atoms with Crippen LogP contribution in [-0.4, -0.2) is 39.3 Å². The number of rotatable bonds is 7. The molecule has 3 aromatic rings. The summed E-state index contributed by atoms with van der Waals surface area (Å²) in [6, 6.07) is 18.5. The highest BCUT2D eigenvalue weighted by atomic mass is 16.5. The number of aromatic nitrogens is 3. The van der Waals surface area contributed by atoms with Gasteiger partial charge in [0.25, 0.3) is 0 Å². The Morgan fingerprint density at radius 1 is 0.897 bits per heavy atom. The maximum Gasteiger partial charge on any atom is 0.118 e. The monoisotopic (exact) mass is 397 g/mol. The number of hydrogen-bond donors (Lipinski definition) is 2. The van der Waals surface area contributed by atoms with Crippen LogP contribution in [0, 0.1) is 0 Å². The maximum atomic E-state index is 8.63. The second kappa shape index (κ2) is 16.0. The summed E-state index contributed by atoms with van der Waals surface area (Å²) in [5.74, 6) is 1.18. The minimum Gasteiger partial charge on any atom is -0.508 e. The van der Waals surface area contributed by atoms with Crippen LogP contribution >= 0.6 is 0 Å². The van der Waals surface area contributed by atoms with E-state index in [0.717, 1.165) is 24.3 Å². The van der Waals surface area contributed by atoms with Crippen molar-refractivity contribution in [1.29, 1.82) is 0 Å². The van der Waals surface area contributed by atoms with Crippen molar-refractivity contribution in [3.8, 4) is 11.5 Å². The van der Waals surface area contributed by atoms with Gasteiger partial charge < -0.3 is 14.9 Å². The van der Waals surface area contributed by atoms with Gasteiger partial charge >= 0.3 is 0 Å². The van der Waals surface area contributed by atoms with Gasteiger partial charge in [-0.1, -0.05) is 56.5 Å². The number of phenols is 1. The molecule has 0 radical (unpaired) electrons. The summed E-state index contributed by atoms with van der Waals surface area (Å²) in [5, 5.41) is 28.1. The third kappa shape index (κ3) is 12.2. The highest BCUT2D eigenvalue weighted by molar-refractivity contribution is 5.29. The van der Waals surface area contributed by atoms with Crippen molar-refractivity contribution in [2.24, 2.45) is 0 Å². The fourth-order valence-electron chi connectivity index (χ4n) is 2.28. The number of unbranched alkanes of at least 4 members (excludes halogenated alkanes) is 3. The Kier molecular flexibility index (Phi) is 13.3. The molecule has 156 valence electrons. The zero-order valence-electron chi connectivity index (χ0n) is 17.2. The molecule has 0 saturated heterocycles. The first-order valence-electron chi connectivity index (χ1n) is 9.80. The average Bonchev–Trinajstić information content (AvgIpc) is 2.77. The number of para-hydroxylation sites is 1. The molecule has 0 saturated carbocycles. The lowest BCUT2D eigenvalue weighted by Gasteiger charge is -2.02. The van der Waals surface area contributed by atoms with Crippen molar-refractivity contribution in [3.63, 3.8) is 0 Å². The van der Waals surface area contributed by atoms with Crippen molar-refractivity contribution in [2.45, 2.75) is 39.0 Å². The number of hydrogen-bond acceptors (Lipinski definition) is 6. The molecule has 6 heteroatoms. The molecule has 0 bridgehead atoms. The van der Waals surface area contributed by atoms with Crippen LogP contribution in [0.4, 0.5) is 0 Å². The molecule has 0 fully saturated rings. The lowest BCUT2D eigenvalue weighted by atomic mass is 10.1. The summed E-state index contributed by atoms with van der Waals surface area (Å²) in [6.07, 6.45) is 7.09. The van der Waals surface area contributed by atoms with Crippen LogP contribution < -0.4 is 4.74 Å². The van der Waals surface area contributed by atoms with Gasteiger partial charge in [-0.15, -0.1) is 10.2 Å². The molecule has 29 heavy (non-hydrogen) atoms. The summed E-state index contributed by atoms with van der Waals surface area (Å²) in [5.41, 5.74) is 2.09. The zero-order valence-corrected chi connectivity index (χ0v) is 17.2. The second-order valence-electron chi connectivity index (χ2n) is 6.26. The Morgan fingerprint density at radius 2 is 1.62 bits per heavy atom. The van der Waals surface area contributed by atoms with Crippen LogP contribution in [0.1, 0.15) is 43.9 Å². The number of ether oxygens (including phenoxy) is 1. The second-order valence-corrected chi connectivity index (χ2v) is 6.26. The Bertz CT molecular complexity index is 734. The summed E-state index contributed by atoms with van der Waals surface area (Å²) in [7, 11) is 1.66. The van der Waals surface area contributed by atoms with E-state index in [1.807, 2.05) is 36.4 Å². The van der Waals surface area contributed by atoms with Crippen LogP contribution in [0.15, 0.2) is 66.9 Å². The molecule has 0 aliphatic carbocycles. The fourth-order valence-corrected chi connectivity index (χ4v) is 2.28. The van der Waals surface area contributed by atoms with Gasteiger partial charge in [0.2, 0.25) is 0 Å². The van der Waals surface area contributed by atoms with Crippen molar-refractivity contribution in [2.75, 3.05) is 13.7 Å². The van der Waals surface area contributed by atoms with Gasteiger partial charge in [-0.25, -0.2) is 0 Å². The van der Waals surface area contributed by atoms with Crippen molar-refractivity contribution < 1.29 is 14.9 Å². The SMILES string of the molecule is CCCCCCO.COc1ccc(Cc2ccnnn2)cc1.Oc1ccccc1. The van der Waals surface area contributed by atoms with E-state index >= 15 is 0 Å². The molecule has 3 rings (SSSR count). The highest BCUT2D eigenvalue weighted by Crippen LogP contribution is 2.13. The summed E-state index contributed by atoms with van der Waals surface area (Å²) in [4.78, 5) is 0. The van der Waals surface area contributed by atoms with Crippen LogP contribution in [-0.2, 0) is 6.42 Å². The number of methoxy groups -OCH3 is 1. The van der Waals surface area contributed by atoms with Gasteiger partial charge in [-0.3, -0.25) is 0 Å². The zero-order chi connectivity index (χ0) is 21.2. The first-order valence-corrected chi connectivity index (χ1v) is 9.80. The van der Waals surface area contributed by atoms with E-state index in [9.17, 15) is 0 Å². The van der Waals surface area contributed by atoms with Gasteiger partial charge in [0, 0.05) is 13.0 Å². The third-order valence-corrected chi connectivity index (χ3v) is 3.87. The number of aliphatic hydroxyl groups is 1. The summed E-state index contributed by atoms with van der Waals surface area (Å²) >= 11 is 0. The molecule has 1 aromatic heterocycles. The Balaban J connectivity index is 0.000000251. The van der Waals surface area contributed by atoms with Crippen molar-refractivity contribution in [3.05, 3.63) is 78.1 Å². The predicted molar refractivity (Wildman–Crippen MR) is 115 cm³/mol. The van der Waals surface area contributed by atoms with Gasteiger partial charge in [0.15, 0.2) is 0 Å². The fraction of sp³-hybridized carbons (Fsp3) is 0.348. The predicted octanol–water partition coefficient (Wildman–Crippen LogP) is 4.42. The van der Waals surface area contributed by atoms with E-state index in [1.165, 1.54) is 24.8 Å². The van der Waals surface area contributed by atoms with Crippen molar-refractivity contribution in [1.82, 2.24) is 15.4 Å². The Hall–Kier alpha value is -2.99. The molecule has 0 atom stereocenters. The van der Waals surface area contributed by atoms with Crippen LogP contribution in [0.2, 0.25) is 0 Å². The van der Waals surface area contributed by atoms with Crippen LogP contribution in [0.3, 0.4) is 0 Å². The maximum absolute atomic E-state index is 8.63. The van der Waals surface area contributed by atoms with E-state index < -0.39 is 0 Å². The molecule has 2 N–H and O–H groups in total. The summed E-state index contributed by atoms with van der Waals surface area (Å²) in [6.45, 7) is 2.53. The number of nitrogens with zero attached hydrogens (tertiary/aromatic N) is 3. The average molecular weight is 398 g/mol. The molecule has 2 aromatic carbocycles. The minimum absolute atomic E-state index is 0.322. The lowest BCUT2D eigenvalue weighted by molar-refractivity contribution is 0.283. The standard InChI is InChI=1S/C11H11N3O.C6H6O.C6H14O/c1-15-11-4-2-9(3-5-11)8-10-6-7-12-14-13-10;7-6-4-2-1-3-5-6;1-2-3-4-5-6-7/h2-7H,8H2,1H3;1-5,7H;7H,2-6H2,1H3. The van der Waals surface area contributed by atoms with E-state index in [1.54, 1.807) is 37.6 Å². The van der Waals surface area contributed by atoms with E-state index in [-0.39, 0.29) is 0 Å². The quantitative estimate of drug-likeness (QED) is 0.574. The molecule has 1 heterocycles. The van der Waals surface area contributed by atoms with Crippen LogP contribution in [0.25, 0.3) is 0 Å². The topological polar surface area (TPSA) is 88.4 Å². The molecule has 0 aliphatic heterocycles. The largest absolute Gasteiger partial charge is 0.508 e. The molecule has 0 amide bonds. The Morgan fingerprint density at radius 3 is 2.10 bits per heavy atom. The van der Waals surface area contributed by atoms with Crippen molar-refractivity contribution >= 4 is 0 Å². The van der Waals surface area contributed by atoms with E-state index in [4.69, 9.17) is 14.9 Å². The van der Waals surface area contributed by atoms with E-state index in [2.05, 4.69) is 22.3 Å².